The summed E-state index contributed by atoms with van der Waals surface area (Å²) in [6.45, 7) is 5.79. The summed E-state index contributed by atoms with van der Waals surface area (Å²) in [5.41, 5.74) is 1.55. The standard InChI is InChI=1S/C24H25F3N4O4/c1-13-14(2)35-15(3)20(13)22(33)30-10-9-19-18(12-30)21(32)31(34-4)23(29-19)28-11-16-5-7-17(8-6-16)24(25,26)27/h5,7-8,11H,6,9-10,12H2,1-4H3,(H,28,29). The Kier molecular flexibility index (Phi) is 6.35. The highest BCUT2D eigenvalue weighted by Gasteiger charge is 2.32. The highest BCUT2D eigenvalue weighted by molar-refractivity contribution is 5.97. The second-order valence-electron chi connectivity index (χ2n) is 8.39. The molecule has 11 heteroatoms. The van der Waals surface area contributed by atoms with Gasteiger partial charge in [0, 0.05) is 24.7 Å². The van der Waals surface area contributed by atoms with E-state index in [0.717, 1.165) is 22.4 Å². The van der Waals surface area contributed by atoms with Crippen molar-refractivity contribution < 1.29 is 27.2 Å². The van der Waals surface area contributed by atoms with E-state index in [9.17, 15) is 22.8 Å². The third kappa shape index (κ3) is 4.62. The fraction of sp³-hybridized carbons (Fsp3) is 0.375. The molecule has 1 aliphatic carbocycles. The van der Waals surface area contributed by atoms with Crippen molar-refractivity contribution in [3.8, 4) is 0 Å². The first kappa shape index (κ1) is 24.4. The maximum absolute atomic E-state index is 13.2. The van der Waals surface area contributed by atoms with Crippen LogP contribution in [0.4, 0.5) is 19.1 Å². The molecular weight excluding hydrogens is 465 g/mol. The number of aryl methyl sites for hydroxylation is 2. The Labute approximate surface area is 199 Å². The maximum Gasteiger partial charge on any atom is 0.416 e. The van der Waals surface area contributed by atoms with E-state index in [0.29, 0.717) is 46.9 Å². The summed E-state index contributed by atoms with van der Waals surface area (Å²) >= 11 is 0. The topological polar surface area (TPSA) is 89.6 Å². The van der Waals surface area contributed by atoms with Gasteiger partial charge in [0.05, 0.1) is 28.9 Å². The average Bonchev–Trinajstić information content (AvgIpc) is 3.07. The second-order valence-corrected chi connectivity index (χ2v) is 8.39. The van der Waals surface area contributed by atoms with Crippen molar-refractivity contribution in [2.24, 2.45) is 0 Å². The third-order valence-electron chi connectivity index (χ3n) is 6.19. The van der Waals surface area contributed by atoms with Crippen molar-refractivity contribution in [1.29, 1.82) is 0 Å². The van der Waals surface area contributed by atoms with Crippen LogP contribution in [-0.2, 0) is 13.0 Å². The number of anilines is 1. The normalized spacial score (nSPS) is 16.8. The number of allylic oxidation sites excluding steroid dienone is 5. The lowest BCUT2D eigenvalue weighted by Crippen LogP contribution is -2.42. The monoisotopic (exact) mass is 490 g/mol. The lowest BCUT2D eigenvalue weighted by atomic mass is 10.0. The molecule has 8 nitrogen and oxygen atoms in total. The highest BCUT2D eigenvalue weighted by Crippen LogP contribution is 2.30. The van der Waals surface area contributed by atoms with Gasteiger partial charge in [0.25, 0.3) is 11.5 Å². The summed E-state index contributed by atoms with van der Waals surface area (Å²) in [5, 5.41) is 2.87. The molecule has 0 saturated carbocycles. The minimum Gasteiger partial charge on any atom is -0.466 e. The average molecular weight is 490 g/mol. The molecule has 0 bridgehead atoms. The van der Waals surface area contributed by atoms with Crippen LogP contribution in [0.2, 0.25) is 0 Å². The number of alkyl halides is 3. The van der Waals surface area contributed by atoms with E-state index in [4.69, 9.17) is 9.25 Å². The molecule has 1 amide bonds. The van der Waals surface area contributed by atoms with Gasteiger partial charge in [-0.3, -0.25) is 9.59 Å². The van der Waals surface area contributed by atoms with Crippen molar-refractivity contribution in [3.05, 3.63) is 79.8 Å². The van der Waals surface area contributed by atoms with Gasteiger partial charge in [-0.1, -0.05) is 12.2 Å². The molecule has 0 saturated heterocycles. The molecular formula is C24H25F3N4O4. The summed E-state index contributed by atoms with van der Waals surface area (Å²) in [4.78, 5) is 37.6. The predicted octanol–water partition coefficient (Wildman–Crippen LogP) is 3.76. The van der Waals surface area contributed by atoms with Crippen molar-refractivity contribution in [2.75, 3.05) is 19.0 Å². The number of amides is 1. The third-order valence-corrected chi connectivity index (χ3v) is 6.19. The van der Waals surface area contributed by atoms with E-state index in [1.54, 1.807) is 18.7 Å². The van der Waals surface area contributed by atoms with Gasteiger partial charge in [-0.15, -0.1) is 4.73 Å². The molecule has 4 rings (SSSR count). The van der Waals surface area contributed by atoms with Crippen molar-refractivity contribution in [3.63, 3.8) is 0 Å². The Hall–Kier alpha value is -3.76. The van der Waals surface area contributed by atoms with Gasteiger partial charge < -0.3 is 19.5 Å². The predicted molar refractivity (Wildman–Crippen MR) is 122 cm³/mol. The number of furan rings is 1. The number of fused-ring (bicyclic) bond motifs is 1. The number of hydrogen-bond donors (Lipinski definition) is 1. The van der Waals surface area contributed by atoms with Crippen LogP contribution in [0, 0.1) is 20.8 Å². The SMILES string of the molecule is COn1c(NC=C2C=CC(C(F)(F)F)=CC2)nc2c(c1=O)CN(C(=O)c1c(C)oc(C)c1C)CC2. The van der Waals surface area contributed by atoms with E-state index in [-0.39, 0.29) is 24.8 Å². The zero-order chi connectivity index (χ0) is 25.5. The zero-order valence-electron chi connectivity index (χ0n) is 19.7. The van der Waals surface area contributed by atoms with Gasteiger partial charge >= 0.3 is 6.18 Å². The van der Waals surface area contributed by atoms with Crippen LogP contribution in [0.3, 0.4) is 0 Å². The molecule has 35 heavy (non-hydrogen) atoms. The van der Waals surface area contributed by atoms with E-state index in [2.05, 4.69) is 10.3 Å². The van der Waals surface area contributed by atoms with Crippen LogP contribution in [-0.4, -0.2) is 40.4 Å². The molecule has 0 spiro atoms. The first-order chi connectivity index (χ1) is 16.5. The van der Waals surface area contributed by atoms with E-state index in [1.165, 1.54) is 19.4 Å². The molecule has 2 aromatic rings. The largest absolute Gasteiger partial charge is 0.466 e. The molecule has 3 heterocycles. The zero-order valence-corrected chi connectivity index (χ0v) is 19.7. The second kappa shape index (κ2) is 9.12. The van der Waals surface area contributed by atoms with Crippen LogP contribution >= 0.6 is 0 Å². The lowest BCUT2D eigenvalue weighted by Gasteiger charge is -2.28. The van der Waals surface area contributed by atoms with Gasteiger partial charge in [0.1, 0.15) is 18.6 Å². The summed E-state index contributed by atoms with van der Waals surface area (Å²) in [6, 6.07) is 0. The smallest absolute Gasteiger partial charge is 0.416 e. The number of rotatable bonds is 4. The molecule has 0 unspecified atom stereocenters. The first-order valence-electron chi connectivity index (χ1n) is 11.0. The molecule has 0 aromatic carbocycles. The highest BCUT2D eigenvalue weighted by atomic mass is 19.4. The quantitative estimate of drug-likeness (QED) is 0.702. The van der Waals surface area contributed by atoms with Crippen molar-refractivity contribution in [1.82, 2.24) is 14.6 Å². The Morgan fingerprint density at radius 3 is 2.54 bits per heavy atom. The first-order valence-corrected chi connectivity index (χ1v) is 11.0. The van der Waals surface area contributed by atoms with E-state index >= 15 is 0 Å². The minimum absolute atomic E-state index is 0.0710. The molecule has 0 radical (unpaired) electrons. The number of aromatic nitrogens is 2. The Bertz CT molecular complexity index is 1330. The summed E-state index contributed by atoms with van der Waals surface area (Å²) < 4.78 is 44.9. The number of nitrogens with zero attached hydrogens (tertiary/aromatic N) is 3. The minimum atomic E-state index is -4.39. The van der Waals surface area contributed by atoms with Gasteiger partial charge in [-0.05, 0) is 38.8 Å². The summed E-state index contributed by atoms with van der Waals surface area (Å²) in [5.74, 6) is 1.09. The number of halogens is 3. The maximum atomic E-state index is 13.2. The van der Waals surface area contributed by atoms with E-state index < -0.39 is 17.3 Å². The van der Waals surface area contributed by atoms with E-state index in [1.807, 2.05) is 6.92 Å². The number of carbonyl (C=O) groups excluding carboxylic acids is 1. The Balaban J connectivity index is 1.57. The molecule has 1 N–H and O–H groups in total. The number of carbonyl (C=O) groups is 1. The van der Waals surface area contributed by atoms with Gasteiger partial charge in [-0.25, -0.2) is 4.98 Å². The fourth-order valence-electron chi connectivity index (χ4n) is 4.19. The molecule has 0 fully saturated rings. The van der Waals surface area contributed by atoms with Crippen LogP contribution in [0.1, 0.15) is 45.1 Å². The van der Waals surface area contributed by atoms with Gasteiger partial charge in [-0.2, -0.15) is 13.2 Å². The molecule has 2 aliphatic rings. The lowest BCUT2D eigenvalue weighted by molar-refractivity contribution is -0.0885. The fourth-order valence-corrected chi connectivity index (χ4v) is 4.19. The van der Waals surface area contributed by atoms with Gasteiger partial charge in [0.2, 0.25) is 5.95 Å². The Morgan fingerprint density at radius 1 is 1.23 bits per heavy atom. The van der Waals surface area contributed by atoms with Crippen LogP contribution < -0.4 is 15.7 Å². The summed E-state index contributed by atoms with van der Waals surface area (Å²) in [7, 11) is 1.30. The van der Waals surface area contributed by atoms with Crippen molar-refractivity contribution >= 4 is 11.9 Å². The summed E-state index contributed by atoms with van der Waals surface area (Å²) in [6.07, 6.45) is 0.965. The molecule has 2 aromatic heterocycles. The molecule has 0 atom stereocenters. The molecule has 1 aliphatic heterocycles. The van der Waals surface area contributed by atoms with Crippen LogP contribution in [0.5, 0.6) is 0 Å². The van der Waals surface area contributed by atoms with Gasteiger partial charge in [0.15, 0.2) is 0 Å². The van der Waals surface area contributed by atoms with Crippen LogP contribution in [0.25, 0.3) is 0 Å². The number of nitrogens with one attached hydrogen (secondary N) is 1. The van der Waals surface area contributed by atoms with Crippen LogP contribution in [0.15, 0.2) is 44.8 Å². The number of hydrogen-bond acceptors (Lipinski definition) is 6. The molecule has 186 valence electrons. The Morgan fingerprint density at radius 2 is 1.97 bits per heavy atom. The van der Waals surface area contributed by atoms with Crippen molar-refractivity contribution in [2.45, 2.75) is 46.3 Å².